The van der Waals surface area contributed by atoms with Crippen LogP contribution < -0.4 is 5.56 Å². The van der Waals surface area contributed by atoms with Crippen LogP contribution >= 0.6 is 0 Å². The van der Waals surface area contributed by atoms with Crippen molar-refractivity contribution < 1.29 is 4.79 Å². The van der Waals surface area contributed by atoms with E-state index in [1.54, 1.807) is 31.0 Å². The average Bonchev–Trinajstić information content (AvgIpc) is 3.60. The van der Waals surface area contributed by atoms with E-state index < -0.39 is 0 Å². The molecule has 0 bridgehead atoms. The van der Waals surface area contributed by atoms with Gasteiger partial charge >= 0.3 is 0 Å². The molecule has 0 aliphatic carbocycles. The third-order valence-electron chi connectivity index (χ3n) is 5.86. The van der Waals surface area contributed by atoms with Crippen molar-refractivity contribution in [1.82, 2.24) is 34.7 Å². The number of carbonyl (C=O) groups is 1. The van der Waals surface area contributed by atoms with Crippen molar-refractivity contribution >= 4 is 5.91 Å². The van der Waals surface area contributed by atoms with E-state index in [1.807, 2.05) is 25.1 Å². The molecule has 0 spiro atoms. The summed E-state index contributed by atoms with van der Waals surface area (Å²) in [5.74, 6) is -0.0124. The Bertz CT molecular complexity index is 1480. The summed E-state index contributed by atoms with van der Waals surface area (Å²) in [4.78, 5) is 41.3. The number of H-pyrrole nitrogens is 3. The summed E-state index contributed by atoms with van der Waals surface area (Å²) in [5, 5.41) is 5.28. The van der Waals surface area contributed by atoms with Crippen LogP contribution in [0.1, 0.15) is 33.9 Å². The quantitative estimate of drug-likeness (QED) is 0.348. The molecule has 34 heavy (non-hydrogen) atoms. The van der Waals surface area contributed by atoms with Gasteiger partial charge in [-0.05, 0) is 24.5 Å². The fraction of sp³-hybridized carbons (Fsp3) is 0.160. The van der Waals surface area contributed by atoms with Crippen LogP contribution in [0.2, 0.25) is 0 Å². The molecule has 4 heterocycles. The molecule has 0 atom stereocenters. The van der Waals surface area contributed by atoms with Crippen molar-refractivity contribution in [2.75, 3.05) is 0 Å². The molecular weight excluding hydrogens is 430 g/mol. The number of hydrogen-bond acceptors (Lipinski definition) is 5. The van der Waals surface area contributed by atoms with Crippen LogP contribution in [0.15, 0.2) is 72.4 Å². The first-order chi connectivity index (χ1) is 16.6. The van der Waals surface area contributed by atoms with Crippen molar-refractivity contribution in [3.63, 3.8) is 0 Å². The summed E-state index contributed by atoms with van der Waals surface area (Å²) < 4.78 is 1.51. The van der Waals surface area contributed by atoms with Crippen LogP contribution in [0.5, 0.6) is 0 Å². The zero-order valence-electron chi connectivity index (χ0n) is 18.6. The van der Waals surface area contributed by atoms with E-state index in [9.17, 15) is 9.59 Å². The summed E-state index contributed by atoms with van der Waals surface area (Å²) >= 11 is 0. The molecule has 0 saturated carbocycles. The van der Waals surface area contributed by atoms with E-state index in [4.69, 9.17) is 0 Å². The second kappa shape index (κ2) is 9.14. The molecule has 5 rings (SSSR count). The predicted octanol–water partition coefficient (Wildman–Crippen LogP) is 3.52. The number of aromatic nitrogens is 7. The Balaban J connectivity index is 1.54. The third kappa shape index (κ3) is 4.11. The molecule has 170 valence electrons. The number of carbonyl (C=O) groups excluding carboxylic acids is 1. The molecule has 0 aliphatic rings. The lowest BCUT2D eigenvalue weighted by molar-refractivity contribution is 0.0903. The topological polar surface area (TPSA) is 125 Å². The van der Waals surface area contributed by atoms with Crippen LogP contribution in [0.4, 0.5) is 0 Å². The summed E-state index contributed by atoms with van der Waals surface area (Å²) in [5.41, 5.74) is 6.57. The number of aromatic amines is 3. The molecule has 9 nitrogen and oxygen atoms in total. The lowest BCUT2D eigenvalue weighted by Crippen LogP contribution is -2.09. The Labute approximate surface area is 194 Å². The van der Waals surface area contributed by atoms with Gasteiger partial charge in [0.1, 0.15) is 6.33 Å². The summed E-state index contributed by atoms with van der Waals surface area (Å²) in [6.45, 7) is 2.02. The Kier molecular flexibility index (Phi) is 5.73. The zero-order chi connectivity index (χ0) is 23.5. The smallest absolute Gasteiger partial charge is 0.273 e. The van der Waals surface area contributed by atoms with E-state index >= 15 is 0 Å². The minimum absolute atomic E-state index is 0.0124. The molecule has 1 aromatic carbocycles. The van der Waals surface area contributed by atoms with Gasteiger partial charge in [-0.3, -0.25) is 29.2 Å². The average molecular weight is 454 g/mol. The van der Waals surface area contributed by atoms with Crippen molar-refractivity contribution in [2.24, 2.45) is 0 Å². The number of aryl methyl sites for hydroxylation is 1. The highest BCUT2D eigenvalue weighted by atomic mass is 16.2. The standard InChI is InChI=1S/C25H23N7O2/c1-16-18(7-8-22(33)32-12-11-26-15-32)23(17-5-3-2-4-6-17)20(30-16)13-21-24(28-10-9-27-21)19-14-29-31-25(19)34/h2-6,9-12,14-15,30H,7-8,13H2,1H3,(H2,29,31,34). The minimum Gasteiger partial charge on any atom is -0.361 e. The normalized spacial score (nSPS) is 11.1. The van der Waals surface area contributed by atoms with Crippen LogP contribution in [-0.4, -0.2) is 40.6 Å². The van der Waals surface area contributed by atoms with Crippen LogP contribution in [0.25, 0.3) is 22.4 Å². The first-order valence-electron chi connectivity index (χ1n) is 10.9. The molecule has 9 heteroatoms. The molecule has 0 fully saturated rings. The lowest BCUT2D eigenvalue weighted by atomic mass is 9.95. The summed E-state index contributed by atoms with van der Waals surface area (Å²) in [6, 6.07) is 10.1. The maximum Gasteiger partial charge on any atom is 0.273 e. The van der Waals surface area contributed by atoms with Gasteiger partial charge < -0.3 is 10.1 Å². The fourth-order valence-electron chi connectivity index (χ4n) is 4.27. The predicted molar refractivity (Wildman–Crippen MR) is 127 cm³/mol. The highest BCUT2D eigenvalue weighted by Crippen LogP contribution is 2.33. The van der Waals surface area contributed by atoms with Crippen LogP contribution in [-0.2, 0) is 12.8 Å². The molecule has 5 aromatic rings. The first kappa shape index (κ1) is 21.3. The van der Waals surface area contributed by atoms with E-state index in [0.717, 1.165) is 28.1 Å². The van der Waals surface area contributed by atoms with Crippen molar-refractivity contribution in [3.05, 3.63) is 101 Å². The zero-order valence-corrected chi connectivity index (χ0v) is 18.6. The van der Waals surface area contributed by atoms with Crippen molar-refractivity contribution in [3.8, 4) is 22.4 Å². The SMILES string of the molecule is Cc1[nH]c(Cc2nccnc2-c2c[nH][nH]c2=O)c(-c2ccccc2)c1CCC(=O)n1ccnc1. The number of rotatable bonds is 7. The highest BCUT2D eigenvalue weighted by Gasteiger charge is 2.21. The number of nitrogens with one attached hydrogen (secondary N) is 3. The van der Waals surface area contributed by atoms with E-state index in [-0.39, 0.29) is 11.5 Å². The number of nitrogens with zero attached hydrogens (tertiary/aromatic N) is 4. The van der Waals surface area contributed by atoms with Crippen LogP contribution in [0, 0.1) is 6.92 Å². The molecular formula is C25H23N7O2. The summed E-state index contributed by atoms with van der Waals surface area (Å²) in [6.07, 6.45) is 11.0. The second-order valence-corrected chi connectivity index (χ2v) is 8.00. The molecule has 0 aliphatic heterocycles. The summed E-state index contributed by atoms with van der Waals surface area (Å²) in [7, 11) is 0. The van der Waals surface area contributed by atoms with Gasteiger partial charge in [0.15, 0.2) is 0 Å². The van der Waals surface area contributed by atoms with Crippen molar-refractivity contribution in [2.45, 2.75) is 26.2 Å². The van der Waals surface area contributed by atoms with Gasteiger partial charge in [0.05, 0.1) is 17.0 Å². The van der Waals surface area contributed by atoms with Gasteiger partial charge in [-0.15, -0.1) is 0 Å². The molecule has 0 unspecified atom stereocenters. The Morgan fingerprint density at radius 2 is 1.91 bits per heavy atom. The minimum atomic E-state index is -0.244. The Morgan fingerprint density at radius 3 is 2.65 bits per heavy atom. The Morgan fingerprint density at radius 1 is 1.09 bits per heavy atom. The van der Waals surface area contributed by atoms with Crippen molar-refractivity contribution in [1.29, 1.82) is 0 Å². The molecule has 4 aromatic heterocycles. The van der Waals surface area contributed by atoms with Gasteiger partial charge in [0.2, 0.25) is 5.91 Å². The largest absolute Gasteiger partial charge is 0.361 e. The van der Waals surface area contributed by atoms with Gasteiger partial charge in [0.25, 0.3) is 5.56 Å². The van der Waals surface area contributed by atoms with Gasteiger partial charge in [-0.2, -0.15) is 0 Å². The number of benzene rings is 1. The Hall–Kier alpha value is -4.53. The van der Waals surface area contributed by atoms with E-state index in [1.165, 1.54) is 10.9 Å². The highest BCUT2D eigenvalue weighted by molar-refractivity contribution is 5.80. The maximum absolute atomic E-state index is 12.6. The van der Waals surface area contributed by atoms with E-state index in [0.29, 0.717) is 36.2 Å². The maximum atomic E-state index is 12.6. The van der Waals surface area contributed by atoms with Gasteiger partial charge in [0, 0.05) is 60.8 Å². The monoisotopic (exact) mass is 453 g/mol. The lowest BCUT2D eigenvalue weighted by Gasteiger charge is -2.10. The van der Waals surface area contributed by atoms with Gasteiger partial charge in [-0.1, -0.05) is 30.3 Å². The molecule has 3 N–H and O–H groups in total. The number of hydrogen-bond donors (Lipinski definition) is 3. The van der Waals surface area contributed by atoms with Gasteiger partial charge in [-0.25, -0.2) is 4.98 Å². The first-order valence-corrected chi connectivity index (χ1v) is 10.9. The van der Waals surface area contributed by atoms with Crippen LogP contribution in [0.3, 0.4) is 0 Å². The number of imidazole rings is 1. The molecule has 0 amide bonds. The van der Waals surface area contributed by atoms with E-state index in [2.05, 4.69) is 42.3 Å². The third-order valence-corrected chi connectivity index (χ3v) is 5.86. The molecule has 0 radical (unpaired) electrons. The fourth-order valence-corrected chi connectivity index (χ4v) is 4.27. The molecule has 0 saturated heterocycles. The second-order valence-electron chi connectivity index (χ2n) is 8.00.